The van der Waals surface area contributed by atoms with Crippen molar-refractivity contribution < 1.29 is 17.9 Å². The van der Waals surface area contributed by atoms with Crippen LogP contribution in [0.1, 0.15) is 18.7 Å². The SMILES string of the molecule is Cn1ncc2c(N)nc(COCCCC(F)(F)F)nc21. The summed E-state index contributed by atoms with van der Waals surface area (Å²) in [5.74, 6) is 0.600. The Morgan fingerprint density at radius 2 is 2.10 bits per heavy atom. The first kappa shape index (κ1) is 14.5. The van der Waals surface area contributed by atoms with E-state index in [0.717, 1.165) is 0 Å². The van der Waals surface area contributed by atoms with Crippen LogP contribution in [0, 0.1) is 0 Å². The summed E-state index contributed by atoms with van der Waals surface area (Å²) in [6.07, 6.45) is -3.56. The number of anilines is 1. The number of ether oxygens (including phenoxy) is 1. The van der Waals surface area contributed by atoms with Crippen LogP contribution in [0.2, 0.25) is 0 Å². The van der Waals surface area contributed by atoms with Gasteiger partial charge in [0, 0.05) is 20.1 Å². The van der Waals surface area contributed by atoms with Crippen molar-refractivity contribution in [3.05, 3.63) is 12.0 Å². The maximum atomic E-state index is 11.9. The molecule has 2 heterocycles. The van der Waals surface area contributed by atoms with Gasteiger partial charge in [-0.25, -0.2) is 9.97 Å². The van der Waals surface area contributed by atoms with Gasteiger partial charge in [-0.15, -0.1) is 0 Å². The predicted octanol–water partition coefficient (Wildman–Crippen LogP) is 1.80. The maximum Gasteiger partial charge on any atom is 0.389 e. The molecule has 0 fully saturated rings. The number of nitrogens with two attached hydrogens (primary N) is 1. The van der Waals surface area contributed by atoms with E-state index in [-0.39, 0.29) is 25.5 Å². The number of nitrogen functional groups attached to an aromatic ring is 1. The van der Waals surface area contributed by atoms with Crippen molar-refractivity contribution in [1.82, 2.24) is 19.7 Å². The predicted molar refractivity (Wildman–Crippen MR) is 65.7 cm³/mol. The van der Waals surface area contributed by atoms with Crippen LogP contribution in [0.15, 0.2) is 6.20 Å². The summed E-state index contributed by atoms with van der Waals surface area (Å²) in [4.78, 5) is 8.23. The zero-order valence-corrected chi connectivity index (χ0v) is 10.8. The molecule has 0 amide bonds. The number of aryl methyl sites for hydroxylation is 1. The highest BCUT2D eigenvalue weighted by Gasteiger charge is 2.25. The quantitative estimate of drug-likeness (QED) is 0.849. The molecule has 0 aromatic carbocycles. The molecule has 0 aliphatic rings. The second kappa shape index (κ2) is 5.61. The zero-order valence-electron chi connectivity index (χ0n) is 10.8. The van der Waals surface area contributed by atoms with E-state index in [1.54, 1.807) is 17.9 Å². The molecule has 2 aromatic rings. The number of aromatic nitrogens is 4. The molecular formula is C11H14F3N5O. The first-order valence-corrected chi connectivity index (χ1v) is 5.95. The molecule has 9 heteroatoms. The van der Waals surface area contributed by atoms with Gasteiger partial charge in [-0.05, 0) is 6.42 Å². The summed E-state index contributed by atoms with van der Waals surface area (Å²) in [7, 11) is 1.71. The summed E-state index contributed by atoms with van der Waals surface area (Å²) in [6.45, 7) is 0.00930. The summed E-state index contributed by atoms with van der Waals surface area (Å²) >= 11 is 0. The van der Waals surface area contributed by atoms with Crippen LogP contribution in [-0.4, -0.2) is 32.5 Å². The van der Waals surface area contributed by atoms with Gasteiger partial charge in [0.1, 0.15) is 12.4 Å². The third kappa shape index (κ3) is 3.56. The fraction of sp³-hybridized carbons (Fsp3) is 0.545. The molecule has 0 saturated carbocycles. The van der Waals surface area contributed by atoms with Crippen LogP contribution in [0.4, 0.5) is 19.0 Å². The van der Waals surface area contributed by atoms with Crippen molar-refractivity contribution in [3.8, 4) is 0 Å². The number of halogens is 3. The second-order valence-electron chi connectivity index (χ2n) is 4.30. The van der Waals surface area contributed by atoms with E-state index in [0.29, 0.717) is 16.9 Å². The molecule has 6 nitrogen and oxygen atoms in total. The molecule has 20 heavy (non-hydrogen) atoms. The van der Waals surface area contributed by atoms with Crippen molar-refractivity contribution in [3.63, 3.8) is 0 Å². The molecule has 0 unspecified atom stereocenters. The molecule has 2 rings (SSSR count). The number of hydrogen-bond donors (Lipinski definition) is 1. The van der Waals surface area contributed by atoms with Crippen LogP contribution in [0.3, 0.4) is 0 Å². The largest absolute Gasteiger partial charge is 0.389 e. The van der Waals surface area contributed by atoms with Gasteiger partial charge < -0.3 is 10.5 Å². The normalized spacial score (nSPS) is 12.2. The van der Waals surface area contributed by atoms with E-state index in [2.05, 4.69) is 15.1 Å². The minimum absolute atomic E-state index is 0.00774. The van der Waals surface area contributed by atoms with Gasteiger partial charge in [0.05, 0.1) is 11.6 Å². The Kier molecular flexibility index (Phi) is 4.07. The number of alkyl halides is 3. The molecule has 0 aliphatic carbocycles. The summed E-state index contributed by atoms with van der Waals surface area (Å²) in [5, 5.41) is 4.64. The molecule has 0 radical (unpaired) electrons. The van der Waals surface area contributed by atoms with Crippen molar-refractivity contribution in [2.45, 2.75) is 25.6 Å². The highest BCUT2D eigenvalue weighted by molar-refractivity contribution is 5.84. The Hall–Kier alpha value is -1.90. The first-order valence-electron chi connectivity index (χ1n) is 5.95. The van der Waals surface area contributed by atoms with Gasteiger partial charge in [0.2, 0.25) is 0 Å². The Bertz CT molecular complexity index is 595. The zero-order chi connectivity index (χ0) is 14.8. The van der Waals surface area contributed by atoms with Gasteiger partial charge in [-0.2, -0.15) is 18.3 Å². The highest BCUT2D eigenvalue weighted by Crippen LogP contribution is 2.21. The van der Waals surface area contributed by atoms with Crippen molar-refractivity contribution in [2.75, 3.05) is 12.3 Å². The van der Waals surface area contributed by atoms with E-state index in [1.807, 2.05) is 0 Å². The smallest absolute Gasteiger partial charge is 0.383 e. The minimum Gasteiger partial charge on any atom is -0.383 e. The van der Waals surface area contributed by atoms with Crippen molar-refractivity contribution in [2.24, 2.45) is 7.05 Å². The molecule has 2 N–H and O–H groups in total. The molecule has 2 aromatic heterocycles. The third-order valence-corrected chi connectivity index (χ3v) is 2.65. The fourth-order valence-electron chi connectivity index (χ4n) is 1.69. The van der Waals surface area contributed by atoms with Gasteiger partial charge >= 0.3 is 6.18 Å². The minimum atomic E-state index is -4.15. The van der Waals surface area contributed by atoms with Gasteiger partial charge in [0.25, 0.3) is 0 Å². The average molecular weight is 289 g/mol. The van der Waals surface area contributed by atoms with Crippen LogP contribution in [0.5, 0.6) is 0 Å². The fourth-order valence-corrected chi connectivity index (χ4v) is 1.69. The number of hydrogen-bond acceptors (Lipinski definition) is 5. The van der Waals surface area contributed by atoms with Crippen molar-refractivity contribution in [1.29, 1.82) is 0 Å². The Labute approximate surface area is 112 Å². The van der Waals surface area contributed by atoms with Crippen LogP contribution in [-0.2, 0) is 18.4 Å². The molecule has 0 bridgehead atoms. The topological polar surface area (TPSA) is 78.9 Å². The second-order valence-corrected chi connectivity index (χ2v) is 4.30. The van der Waals surface area contributed by atoms with Crippen LogP contribution < -0.4 is 5.73 Å². The van der Waals surface area contributed by atoms with Gasteiger partial charge in [0.15, 0.2) is 11.5 Å². The van der Waals surface area contributed by atoms with Crippen molar-refractivity contribution >= 4 is 16.9 Å². The molecule has 110 valence electrons. The highest BCUT2D eigenvalue weighted by atomic mass is 19.4. The third-order valence-electron chi connectivity index (χ3n) is 2.65. The van der Waals surface area contributed by atoms with Gasteiger partial charge in [-0.1, -0.05) is 0 Å². The maximum absolute atomic E-state index is 11.9. The Morgan fingerprint density at radius 3 is 2.80 bits per heavy atom. The monoisotopic (exact) mass is 289 g/mol. The molecular weight excluding hydrogens is 275 g/mol. The summed E-state index contributed by atoms with van der Waals surface area (Å²) < 4.78 is 42.5. The van der Waals surface area contributed by atoms with Crippen LogP contribution >= 0.6 is 0 Å². The molecule has 0 aliphatic heterocycles. The van der Waals surface area contributed by atoms with Gasteiger partial charge in [-0.3, -0.25) is 4.68 Å². The van der Waals surface area contributed by atoms with E-state index >= 15 is 0 Å². The lowest BCUT2D eigenvalue weighted by Crippen LogP contribution is -2.09. The Balaban J connectivity index is 1.92. The number of nitrogens with zero attached hydrogens (tertiary/aromatic N) is 4. The summed E-state index contributed by atoms with van der Waals surface area (Å²) in [5.41, 5.74) is 6.31. The average Bonchev–Trinajstić information content (AvgIpc) is 2.70. The molecule has 0 saturated heterocycles. The number of rotatable bonds is 5. The Morgan fingerprint density at radius 1 is 1.35 bits per heavy atom. The molecule has 0 atom stereocenters. The lowest BCUT2D eigenvalue weighted by molar-refractivity contribution is -0.138. The first-order chi connectivity index (χ1) is 9.37. The van der Waals surface area contributed by atoms with E-state index in [9.17, 15) is 13.2 Å². The molecule has 0 spiro atoms. The van der Waals surface area contributed by atoms with Crippen LogP contribution in [0.25, 0.3) is 11.0 Å². The van der Waals surface area contributed by atoms with E-state index in [1.165, 1.54) is 0 Å². The number of fused-ring (bicyclic) bond motifs is 1. The standard InChI is InChI=1S/C11H14F3N5O/c1-19-10-7(5-16-19)9(15)17-8(18-10)6-20-4-2-3-11(12,13)14/h5H,2-4,6H2,1H3,(H2,15,17,18). The lowest BCUT2D eigenvalue weighted by Gasteiger charge is -2.07. The van der Waals surface area contributed by atoms with E-state index < -0.39 is 12.6 Å². The lowest BCUT2D eigenvalue weighted by atomic mass is 10.3. The summed E-state index contributed by atoms with van der Waals surface area (Å²) in [6, 6.07) is 0. The van der Waals surface area contributed by atoms with E-state index in [4.69, 9.17) is 10.5 Å².